The Hall–Kier alpha value is -2.14. The van der Waals surface area contributed by atoms with Gasteiger partial charge in [0.05, 0.1) is 11.4 Å². The Bertz CT molecular complexity index is 737. The fourth-order valence-electron chi connectivity index (χ4n) is 2.48. The number of hydrogen-bond donors (Lipinski definition) is 0. The molecule has 0 saturated heterocycles. The molecule has 3 aromatic heterocycles. The van der Waals surface area contributed by atoms with E-state index in [-0.39, 0.29) is 0 Å². The summed E-state index contributed by atoms with van der Waals surface area (Å²) in [6.45, 7) is 0.998. The van der Waals surface area contributed by atoms with Gasteiger partial charge in [-0.25, -0.2) is 4.98 Å². The Morgan fingerprint density at radius 2 is 1.75 bits per heavy atom. The third-order valence-corrected chi connectivity index (χ3v) is 4.31. The molecule has 0 radical (unpaired) electrons. The molecule has 0 unspecified atom stereocenters. The summed E-state index contributed by atoms with van der Waals surface area (Å²) >= 11 is 1.80. The van der Waals surface area contributed by atoms with Crippen LogP contribution in [0.3, 0.4) is 0 Å². The first-order valence-corrected chi connectivity index (χ1v) is 7.46. The van der Waals surface area contributed by atoms with Gasteiger partial charge >= 0.3 is 0 Å². The van der Waals surface area contributed by atoms with E-state index in [0.717, 1.165) is 40.0 Å². The topological polar surface area (TPSA) is 43.6 Å². The Kier molecular flexibility index (Phi) is 2.77. The highest BCUT2D eigenvalue weighted by molar-refractivity contribution is 7.99. The first kappa shape index (κ1) is 11.7. The Balaban J connectivity index is 1.97. The van der Waals surface area contributed by atoms with E-state index in [2.05, 4.69) is 26.7 Å². The van der Waals surface area contributed by atoms with Gasteiger partial charge in [-0.1, -0.05) is 11.8 Å². The van der Waals surface area contributed by atoms with Crippen molar-refractivity contribution in [2.75, 3.05) is 5.75 Å². The number of imidazole rings is 1. The largest absolute Gasteiger partial charge is 0.318 e. The Morgan fingerprint density at radius 1 is 1.00 bits per heavy atom. The predicted molar refractivity (Wildman–Crippen MR) is 79.4 cm³/mol. The number of thioether (sulfide) groups is 1. The minimum atomic E-state index is 0.994. The molecule has 0 spiro atoms. The molecule has 0 aromatic carbocycles. The molecular formula is C15H12N4S. The normalized spacial score (nSPS) is 13.4. The van der Waals surface area contributed by atoms with Gasteiger partial charge in [-0.3, -0.25) is 9.97 Å². The molecule has 3 aromatic rings. The first-order valence-electron chi connectivity index (χ1n) is 6.47. The minimum absolute atomic E-state index is 0.994. The number of nitrogens with zero attached hydrogens (tertiary/aromatic N) is 4. The summed E-state index contributed by atoms with van der Waals surface area (Å²) in [6, 6.07) is 8.04. The van der Waals surface area contributed by atoms with Crippen LogP contribution in [0.2, 0.25) is 0 Å². The standard InChI is InChI=1S/C15H12N4S/c1-3-11(9-16-5-1)13-14(12-4-2-6-17-10-12)19-7-8-20-15(19)18-13/h1-6,9-10H,7-8H2. The molecule has 0 fully saturated rings. The van der Waals surface area contributed by atoms with Crippen LogP contribution in [0, 0.1) is 0 Å². The highest BCUT2D eigenvalue weighted by atomic mass is 32.2. The molecule has 98 valence electrons. The predicted octanol–water partition coefficient (Wildman–Crippen LogP) is 3.11. The Labute approximate surface area is 120 Å². The van der Waals surface area contributed by atoms with E-state index >= 15 is 0 Å². The fourth-order valence-corrected chi connectivity index (χ4v) is 3.43. The van der Waals surface area contributed by atoms with Gasteiger partial charge in [0.15, 0.2) is 5.16 Å². The number of rotatable bonds is 2. The van der Waals surface area contributed by atoms with Gasteiger partial charge in [0, 0.05) is 48.2 Å². The summed E-state index contributed by atoms with van der Waals surface area (Å²) in [7, 11) is 0. The maximum absolute atomic E-state index is 4.80. The molecule has 0 atom stereocenters. The van der Waals surface area contributed by atoms with Gasteiger partial charge in [-0.15, -0.1) is 0 Å². The second-order valence-corrected chi connectivity index (χ2v) is 5.64. The number of fused-ring (bicyclic) bond motifs is 1. The second-order valence-electron chi connectivity index (χ2n) is 4.58. The maximum atomic E-state index is 4.80. The summed E-state index contributed by atoms with van der Waals surface area (Å²) < 4.78 is 2.28. The monoisotopic (exact) mass is 280 g/mol. The van der Waals surface area contributed by atoms with Crippen molar-refractivity contribution in [3.8, 4) is 22.5 Å². The van der Waals surface area contributed by atoms with Crippen molar-refractivity contribution in [1.82, 2.24) is 19.5 Å². The lowest BCUT2D eigenvalue weighted by molar-refractivity contribution is 0.726. The van der Waals surface area contributed by atoms with Gasteiger partial charge in [0.2, 0.25) is 0 Å². The summed E-state index contributed by atoms with van der Waals surface area (Å²) in [6.07, 6.45) is 7.34. The fraction of sp³-hybridized carbons (Fsp3) is 0.133. The summed E-state index contributed by atoms with van der Waals surface area (Å²) in [4.78, 5) is 13.2. The zero-order valence-electron chi connectivity index (χ0n) is 10.7. The van der Waals surface area contributed by atoms with Crippen LogP contribution in [-0.4, -0.2) is 25.3 Å². The molecule has 0 saturated carbocycles. The highest BCUT2D eigenvalue weighted by Gasteiger charge is 2.23. The van der Waals surface area contributed by atoms with Crippen molar-refractivity contribution in [2.45, 2.75) is 11.7 Å². The molecule has 1 aliphatic heterocycles. The van der Waals surface area contributed by atoms with Gasteiger partial charge in [-0.2, -0.15) is 0 Å². The van der Waals surface area contributed by atoms with Crippen molar-refractivity contribution < 1.29 is 0 Å². The van der Waals surface area contributed by atoms with E-state index < -0.39 is 0 Å². The maximum Gasteiger partial charge on any atom is 0.169 e. The third-order valence-electron chi connectivity index (χ3n) is 3.35. The van der Waals surface area contributed by atoms with E-state index in [1.54, 1.807) is 24.2 Å². The van der Waals surface area contributed by atoms with Crippen LogP contribution in [-0.2, 0) is 6.54 Å². The minimum Gasteiger partial charge on any atom is -0.318 e. The SMILES string of the molecule is c1cncc(-c2nc3n(c2-c2cccnc2)CCS3)c1. The van der Waals surface area contributed by atoms with Gasteiger partial charge in [0.25, 0.3) is 0 Å². The quantitative estimate of drug-likeness (QED) is 0.723. The molecule has 0 bridgehead atoms. The average Bonchev–Trinajstić information content (AvgIpc) is 3.09. The zero-order valence-corrected chi connectivity index (χ0v) is 11.5. The van der Waals surface area contributed by atoms with Gasteiger partial charge in [-0.05, 0) is 24.3 Å². The van der Waals surface area contributed by atoms with E-state index in [4.69, 9.17) is 4.98 Å². The second kappa shape index (κ2) is 4.76. The molecule has 20 heavy (non-hydrogen) atoms. The van der Waals surface area contributed by atoms with Crippen molar-refractivity contribution in [3.63, 3.8) is 0 Å². The zero-order chi connectivity index (χ0) is 13.4. The number of aromatic nitrogens is 4. The van der Waals surface area contributed by atoms with E-state index in [1.165, 1.54) is 0 Å². The third kappa shape index (κ3) is 1.82. The van der Waals surface area contributed by atoms with Crippen LogP contribution in [0.1, 0.15) is 0 Å². The molecule has 1 aliphatic rings. The first-order chi connectivity index (χ1) is 9.93. The Morgan fingerprint density at radius 3 is 2.45 bits per heavy atom. The lowest BCUT2D eigenvalue weighted by Crippen LogP contribution is -1.97. The van der Waals surface area contributed by atoms with E-state index in [1.807, 2.05) is 24.5 Å². The molecule has 5 heteroatoms. The lowest BCUT2D eigenvalue weighted by Gasteiger charge is -2.07. The smallest absolute Gasteiger partial charge is 0.169 e. The van der Waals surface area contributed by atoms with Crippen LogP contribution >= 0.6 is 11.8 Å². The molecule has 4 heterocycles. The molecule has 4 nitrogen and oxygen atoms in total. The van der Waals surface area contributed by atoms with Crippen molar-refractivity contribution in [3.05, 3.63) is 49.1 Å². The van der Waals surface area contributed by atoms with Crippen molar-refractivity contribution in [2.24, 2.45) is 0 Å². The van der Waals surface area contributed by atoms with Crippen LogP contribution in [0.5, 0.6) is 0 Å². The summed E-state index contributed by atoms with van der Waals surface area (Å²) in [5.41, 5.74) is 4.29. The van der Waals surface area contributed by atoms with Crippen molar-refractivity contribution >= 4 is 11.8 Å². The van der Waals surface area contributed by atoms with Crippen LogP contribution in [0.25, 0.3) is 22.5 Å². The van der Waals surface area contributed by atoms with E-state index in [9.17, 15) is 0 Å². The average molecular weight is 280 g/mol. The lowest BCUT2D eigenvalue weighted by atomic mass is 10.1. The van der Waals surface area contributed by atoms with Crippen LogP contribution in [0.4, 0.5) is 0 Å². The van der Waals surface area contributed by atoms with Crippen LogP contribution in [0.15, 0.2) is 54.2 Å². The van der Waals surface area contributed by atoms with E-state index in [0.29, 0.717) is 0 Å². The number of pyridine rings is 2. The molecule has 0 amide bonds. The number of hydrogen-bond acceptors (Lipinski definition) is 4. The summed E-state index contributed by atoms with van der Waals surface area (Å²) in [5.74, 6) is 1.09. The molecule has 4 rings (SSSR count). The highest BCUT2D eigenvalue weighted by Crippen LogP contribution is 2.38. The molecular weight excluding hydrogens is 268 g/mol. The van der Waals surface area contributed by atoms with Gasteiger partial charge in [0.1, 0.15) is 0 Å². The summed E-state index contributed by atoms with van der Waals surface area (Å²) in [5, 5.41) is 1.09. The van der Waals surface area contributed by atoms with Crippen LogP contribution < -0.4 is 0 Å². The molecule has 0 aliphatic carbocycles. The molecule has 0 N–H and O–H groups in total. The van der Waals surface area contributed by atoms with Gasteiger partial charge < -0.3 is 4.57 Å². The van der Waals surface area contributed by atoms with Crippen molar-refractivity contribution in [1.29, 1.82) is 0 Å².